The molecule has 4 rings (SSSR count). The number of hydrogen-bond acceptors (Lipinski definition) is 13. The molecule has 2 aromatic rings. The number of carbonyl (C=O) groups is 2. The highest BCUT2D eigenvalue weighted by Gasteiger charge is 2.42. The normalized spacial score (nSPS) is 19.3. The zero-order valence-electron chi connectivity index (χ0n) is 23.8. The van der Waals surface area contributed by atoms with Crippen molar-refractivity contribution in [1.29, 1.82) is 0 Å². The molecule has 1 aromatic carbocycles. The van der Waals surface area contributed by atoms with Crippen LogP contribution in [0.4, 0.5) is 10.5 Å². The molecule has 43 heavy (non-hydrogen) atoms. The van der Waals surface area contributed by atoms with Crippen LogP contribution in [0.5, 0.6) is 5.75 Å². The molecule has 3 atom stereocenters. The predicted octanol–water partition coefficient (Wildman–Crippen LogP) is 1.42. The summed E-state index contributed by atoms with van der Waals surface area (Å²) in [6, 6.07) is 3.12. The minimum atomic E-state index is -0.560. The van der Waals surface area contributed by atoms with Gasteiger partial charge in [-0.3, -0.25) is 14.9 Å². The Morgan fingerprint density at radius 1 is 0.977 bits per heavy atom. The molecule has 0 unspecified atom stereocenters. The van der Waals surface area contributed by atoms with Crippen LogP contribution >= 0.6 is 11.8 Å². The van der Waals surface area contributed by atoms with Gasteiger partial charge in [0, 0.05) is 30.0 Å². The number of amides is 3. The number of nitrogens with zero attached hydrogens (tertiary/aromatic N) is 3. The summed E-state index contributed by atoms with van der Waals surface area (Å²) in [6.07, 6.45) is 3.28. The molecule has 0 saturated carbocycles. The van der Waals surface area contributed by atoms with Crippen LogP contribution in [0.25, 0.3) is 11.0 Å². The summed E-state index contributed by atoms with van der Waals surface area (Å²) >= 11 is 1.89. The zero-order chi connectivity index (χ0) is 30.3. The van der Waals surface area contributed by atoms with E-state index < -0.39 is 4.92 Å². The fourth-order valence-corrected chi connectivity index (χ4v) is 6.24. The highest BCUT2D eigenvalue weighted by Crippen LogP contribution is 2.33. The number of unbranched alkanes of at least 4 members (excludes halogenated alkanes) is 1. The average Bonchev–Trinajstić information content (AvgIpc) is 3.71. The van der Waals surface area contributed by atoms with Crippen molar-refractivity contribution in [3.63, 3.8) is 0 Å². The summed E-state index contributed by atoms with van der Waals surface area (Å²) in [5, 5.41) is 27.5. The molecule has 2 fully saturated rings. The molecule has 0 radical (unpaired) electrons. The number of ether oxygens (including phenoxy) is 5. The molecule has 3 amide bonds. The van der Waals surface area contributed by atoms with Crippen LogP contribution in [-0.4, -0.2) is 116 Å². The number of urea groups is 1. The first kappa shape index (κ1) is 32.7. The van der Waals surface area contributed by atoms with Gasteiger partial charge in [0.1, 0.15) is 6.61 Å². The maximum atomic E-state index is 12.0. The lowest BCUT2D eigenvalue weighted by Crippen LogP contribution is -2.36. The summed E-state index contributed by atoms with van der Waals surface area (Å²) in [4.78, 5) is 33.9. The van der Waals surface area contributed by atoms with Crippen LogP contribution in [-0.2, 0) is 23.7 Å². The third-order valence-corrected chi connectivity index (χ3v) is 8.31. The van der Waals surface area contributed by atoms with Crippen LogP contribution in [0.3, 0.4) is 0 Å². The number of nitro benzene ring substituents is 1. The molecule has 2 saturated heterocycles. The van der Waals surface area contributed by atoms with E-state index in [2.05, 4.69) is 30.9 Å². The van der Waals surface area contributed by atoms with Crippen LogP contribution in [0, 0.1) is 10.1 Å². The summed E-state index contributed by atoms with van der Waals surface area (Å²) in [6.45, 7) is 3.86. The van der Waals surface area contributed by atoms with Gasteiger partial charge in [0.15, 0.2) is 11.3 Å². The van der Waals surface area contributed by atoms with Gasteiger partial charge in [0.25, 0.3) is 0 Å². The zero-order valence-corrected chi connectivity index (χ0v) is 24.6. The Hall–Kier alpha value is -3.25. The van der Waals surface area contributed by atoms with Crippen LogP contribution in [0.1, 0.15) is 25.7 Å². The van der Waals surface area contributed by atoms with E-state index in [9.17, 15) is 19.7 Å². The van der Waals surface area contributed by atoms with Gasteiger partial charge >= 0.3 is 11.7 Å². The Kier molecular flexibility index (Phi) is 13.5. The number of hydrogen-bond donors (Lipinski definition) is 3. The van der Waals surface area contributed by atoms with Crippen molar-refractivity contribution in [2.45, 2.75) is 43.0 Å². The maximum absolute atomic E-state index is 12.0. The molecule has 0 bridgehead atoms. The predicted molar refractivity (Wildman–Crippen MR) is 154 cm³/mol. The van der Waals surface area contributed by atoms with Gasteiger partial charge in [-0.1, -0.05) is 6.42 Å². The maximum Gasteiger partial charge on any atom is 0.315 e. The Labute approximate surface area is 252 Å². The van der Waals surface area contributed by atoms with Gasteiger partial charge in [0.2, 0.25) is 11.4 Å². The van der Waals surface area contributed by atoms with Crippen molar-refractivity contribution >= 4 is 40.4 Å². The fourth-order valence-electron chi connectivity index (χ4n) is 4.69. The smallest absolute Gasteiger partial charge is 0.315 e. The largest absolute Gasteiger partial charge is 0.489 e. The highest BCUT2D eigenvalue weighted by atomic mass is 32.2. The van der Waals surface area contributed by atoms with E-state index in [4.69, 9.17) is 23.7 Å². The first-order valence-corrected chi connectivity index (χ1v) is 15.4. The summed E-state index contributed by atoms with van der Waals surface area (Å²) in [7, 11) is 0. The van der Waals surface area contributed by atoms with Crippen LogP contribution in [0.15, 0.2) is 16.8 Å². The number of benzene rings is 1. The van der Waals surface area contributed by atoms with Gasteiger partial charge in [-0.25, -0.2) is 9.42 Å². The lowest BCUT2D eigenvalue weighted by atomic mass is 10.0. The van der Waals surface area contributed by atoms with Gasteiger partial charge in [-0.15, -0.1) is 0 Å². The highest BCUT2D eigenvalue weighted by molar-refractivity contribution is 8.00. The summed E-state index contributed by atoms with van der Waals surface area (Å²) in [5.74, 6) is 1.30. The number of rotatable bonds is 22. The van der Waals surface area contributed by atoms with Crippen molar-refractivity contribution in [3.05, 3.63) is 22.2 Å². The fraction of sp³-hybridized carbons (Fsp3) is 0.692. The van der Waals surface area contributed by atoms with E-state index >= 15 is 0 Å². The Morgan fingerprint density at radius 2 is 1.65 bits per heavy atom. The molecule has 2 aliphatic rings. The number of non-ortho nitro benzene ring substituents is 1. The Morgan fingerprint density at radius 3 is 2.37 bits per heavy atom. The third kappa shape index (κ3) is 10.5. The molecule has 238 valence electrons. The molecule has 1 aromatic heterocycles. The number of nitrogens with one attached hydrogen (secondary N) is 3. The number of carbonyl (C=O) groups excluding carboxylic acids is 2. The van der Waals surface area contributed by atoms with E-state index in [1.807, 2.05) is 11.8 Å². The average molecular weight is 627 g/mol. The molecular weight excluding hydrogens is 588 g/mol. The van der Waals surface area contributed by atoms with Gasteiger partial charge < -0.3 is 39.6 Å². The standard InChI is InChI=1S/C26H38N6O10S/c33-22(4-2-1-3-21-23-18(17-43-21)28-26(34)29-23)27-7-8-37-9-10-38-11-12-39-13-14-40-15-16-41-20-6-5-19(32(35)36)24-25(20)31-42-30-24/h5-6,18,21,23H,1-4,7-17H2,(H,27,33)(H2,28,29,34)/t18-,21-,23-/m0/s1. The molecule has 3 heterocycles. The van der Waals surface area contributed by atoms with Crippen molar-refractivity contribution < 1.29 is 42.8 Å². The number of fused-ring (bicyclic) bond motifs is 2. The molecule has 16 nitrogen and oxygen atoms in total. The quantitative estimate of drug-likeness (QED) is 0.0734. The van der Waals surface area contributed by atoms with Gasteiger partial charge in [-0.05, 0) is 29.2 Å². The van der Waals surface area contributed by atoms with Crippen molar-refractivity contribution in [2.75, 3.05) is 71.8 Å². The number of nitro groups is 1. The minimum absolute atomic E-state index is 0.0244. The van der Waals surface area contributed by atoms with Gasteiger partial charge in [-0.2, -0.15) is 11.8 Å². The Bertz CT molecular complexity index is 1190. The molecule has 0 spiro atoms. The van der Waals surface area contributed by atoms with E-state index in [0.29, 0.717) is 76.8 Å². The monoisotopic (exact) mass is 626 g/mol. The van der Waals surface area contributed by atoms with Crippen molar-refractivity contribution in [1.82, 2.24) is 26.3 Å². The van der Waals surface area contributed by atoms with E-state index in [0.717, 1.165) is 25.0 Å². The molecule has 17 heteroatoms. The SMILES string of the molecule is O=C(CCCC[C@@H]1SC[C@@H]2NC(=O)N[C@@H]21)NCCOCCOCCOCCOCCOc1ccc([N+](=O)[O-])c2nonc12. The van der Waals surface area contributed by atoms with Crippen molar-refractivity contribution in [2.24, 2.45) is 0 Å². The second-order valence-corrected chi connectivity index (χ2v) is 11.1. The first-order chi connectivity index (χ1) is 21.0. The summed E-state index contributed by atoms with van der Waals surface area (Å²) < 4.78 is 32.0. The van der Waals surface area contributed by atoms with Crippen molar-refractivity contribution in [3.8, 4) is 5.75 Å². The number of thioether (sulfide) groups is 1. The minimum Gasteiger partial charge on any atom is -0.489 e. The van der Waals surface area contributed by atoms with E-state index in [-0.39, 0.29) is 47.3 Å². The molecule has 0 aliphatic carbocycles. The van der Waals surface area contributed by atoms with Crippen LogP contribution in [0.2, 0.25) is 0 Å². The molecule has 2 aliphatic heterocycles. The third-order valence-electron chi connectivity index (χ3n) is 6.80. The lowest BCUT2D eigenvalue weighted by Gasteiger charge is -2.16. The van der Waals surface area contributed by atoms with E-state index in [1.54, 1.807) is 0 Å². The molecule has 3 N–H and O–H groups in total. The van der Waals surface area contributed by atoms with Gasteiger partial charge in [0.05, 0.1) is 69.9 Å². The number of aromatic nitrogens is 2. The topological polar surface area (TPSA) is 198 Å². The lowest BCUT2D eigenvalue weighted by molar-refractivity contribution is -0.383. The second kappa shape index (κ2) is 17.8. The van der Waals surface area contributed by atoms with E-state index in [1.165, 1.54) is 12.1 Å². The first-order valence-electron chi connectivity index (χ1n) is 14.3. The second-order valence-electron chi connectivity index (χ2n) is 9.82. The summed E-state index contributed by atoms with van der Waals surface area (Å²) in [5.41, 5.74) is 0.0143. The van der Waals surface area contributed by atoms with Crippen LogP contribution < -0.4 is 20.7 Å². The Balaban J connectivity index is 0.874. The molecular formula is C26H38N6O10S.